The molecule has 0 aromatic heterocycles. The van der Waals surface area contributed by atoms with Crippen LogP contribution >= 0.6 is 0 Å². The standard InChI is InChI=1S/C25H23N3O3/c1-2-31-20-14-12-19(13-15-20)27-23(29)17-28-22-11-7-6-10-21(22)25(26-16-24(28)30)18-8-4-3-5-9-18/h3-15H,2,16-17H2,1H3,(H,27,29). The molecule has 0 unspecified atom stereocenters. The molecule has 0 spiro atoms. The minimum absolute atomic E-state index is 0.0186. The van der Waals surface area contributed by atoms with Gasteiger partial charge in [0, 0.05) is 16.8 Å². The predicted octanol–water partition coefficient (Wildman–Crippen LogP) is 3.91. The van der Waals surface area contributed by atoms with E-state index in [1.807, 2.05) is 61.5 Å². The molecule has 31 heavy (non-hydrogen) atoms. The summed E-state index contributed by atoms with van der Waals surface area (Å²) >= 11 is 0. The molecule has 0 atom stereocenters. The second-order valence-corrected chi connectivity index (χ2v) is 7.03. The number of aliphatic imine (C=N–C) groups is 1. The molecule has 1 aliphatic rings. The second kappa shape index (κ2) is 9.26. The first-order chi connectivity index (χ1) is 15.2. The monoisotopic (exact) mass is 413 g/mol. The van der Waals surface area contributed by atoms with Crippen LogP contribution in [0.25, 0.3) is 0 Å². The number of nitrogens with zero attached hydrogens (tertiary/aromatic N) is 2. The summed E-state index contributed by atoms with van der Waals surface area (Å²) in [5.41, 5.74) is 3.83. The van der Waals surface area contributed by atoms with Crippen LogP contribution in [0.5, 0.6) is 5.75 Å². The molecule has 156 valence electrons. The number of anilines is 2. The molecule has 6 nitrogen and oxygen atoms in total. The van der Waals surface area contributed by atoms with E-state index in [0.717, 1.165) is 22.6 Å². The van der Waals surface area contributed by atoms with Crippen LogP contribution in [0, 0.1) is 0 Å². The van der Waals surface area contributed by atoms with Gasteiger partial charge in [0.2, 0.25) is 11.8 Å². The van der Waals surface area contributed by atoms with Gasteiger partial charge in [0.05, 0.1) is 18.0 Å². The smallest absolute Gasteiger partial charge is 0.249 e. The highest BCUT2D eigenvalue weighted by molar-refractivity contribution is 6.20. The Morgan fingerprint density at radius 2 is 1.71 bits per heavy atom. The fraction of sp³-hybridized carbons (Fsp3) is 0.160. The summed E-state index contributed by atoms with van der Waals surface area (Å²) < 4.78 is 5.42. The summed E-state index contributed by atoms with van der Waals surface area (Å²) in [6.45, 7) is 2.38. The lowest BCUT2D eigenvalue weighted by Crippen LogP contribution is -2.39. The maximum absolute atomic E-state index is 12.9. The number of ether oxygens (including phenoxy) is 1. The van der Waals surface area contributed by atoms with E-state index in [2.05, 4.69) is 10.3 Å². The quantitative estimate of drug-likeness (QED) is 0.666. The van der Waals surface area contributed by atoms with Gasteiger partial charge >= 0.3 is 0 Å². The van der Waals surface area contributed by atoms with Crippen molar-refractivity contribution in [3.63, 3.8) is 0 Å². The fourth-order valence-electron chi connectivity index (χ4n) is 3.52. The highest BCUT2D eigenvalue weighted by Crippen LogP contribution is 2.27. The summed E-state index contributed by atoms with van der Waals surface area (Å²) in [7, 11) is 0. The molecular weight excluding hydrogens is 390 g/mol. The molecular formula is C25H23N3O3. The summed E-state index contributed by atoms with van der Waals surface area (Å²) in [6, 6.07) is 24.4. The molecule has 4 rings (SSSR count). The van der Waals surface area contributed by atoms with Gasteiger partial charge in [-0.25, -0.2) is 0 Å². The average Bonchev–Trinajstić information content (AvgIpc) is 2.93. The molecule has 0 bridgehead atoms. The van der Waals surface area contributed by atoms with Gasteiger partial charge in [0.1, 0.15) is 18.8 Å². The molecule has 1 aliphatic heterocycles. The van der Waals surface area contributed by atoms with E-state index in [1.165, 1.54) is 4.90 Å². The van der Waals surface area contributed by atoms with Crippen LogP contribution in [0.1, 0.15) is 18.1 Å². The minimum atomic E-state index is -0.282. The average molecular weight is 413 g/mol. The van der Waals surface area contributed by atoms with Crippen molar-refractivity contribution in [3.8, 4) is 5.75 Å². The number of nitrogens with one attached hydrogen (secondary N) is 1. The molecule has 1 N–H and O–H groups in total. The number of carbonyl (C=O) groups excluding carboxylic acids is 2. The Hall–Kier alpha value is -3.93. The van der Waals surface area contributed by atoms with E-state index >= 15 is 0 Å². The maximum Gasteiger partial charge on any atom is 0.249 e. The van der Waals surface area contributed by atoms with Crippen molar-refractivity contribution in [2.24, 2.45) is 4.99 Å². The molecule has 0 fully saturated rings. The van der Waals surface area contributed by atoms with Crippen molar-refractivity contribution in [2.75, 3.05) is 29.9 Å². The van der Waals surface area contributed by atoms with E-state index in [1.54, 1.807) is 24.3 Å². The SMILES string of the molecule is CCOc1ccc(NC(=O)CN2C(=O)CN=C(c3ccccc3)c3ccccc32)cc1. The Labute approximate surface area is 181 Å². The van der Waals surface area contributed by atoms with Gasteiger partial charge in [-0.2, -0.15) is 0 Å². The molecule has 2 amide bonds. The van der Waals surface area contributed by atoms with Crippen molar-refractivity contribution in [2.45, 2.75) is 6.92 Å². The van der Waals surface area contributed by atoms with Crippen LogP contribution < -0.4 is 15.0 Å². The second-order valence-electron chi connectivity index (χ2n) is 7.03. The highest BCUT2D eigenvalue weighted by Gasteiger charge is 2.26. The molecule has 0 saturated carbocycles. The third-order valence-electron chi connectivity index (χ3n) is 4.92. The lowest BCUT2D eigenvalue weighted by atomic mass is 10.0. The van der Waals surface area contributed by atoms with Crippen molar-refractivity contribution in [3.05, 3.63) is 90.0 Å². The zero-order valence-electron chi connectivity index (χ0n) is 17.2. The van der Waals surface area contributed by atoms with E-state index < -0.39 is 0 Å². The molecule has 0 radical (unpaired) electrons. The molecule has 0 aliphatic carbocycles. The van der Waals surface area contributed by atoms with Gasteiger partial charge in [-0.15, -0.1) is 0 Å². The minimum Gasteiger partial charge on any atom is -0.494 e. The van der Waals surface area contributed by atoms with Gasteiger partial charge in [0.25, 0.3) is 0 Å². The maximum atomic E-state index is 12.9. The van der Waals surface area contributed by atoms with Crippen molar-refractivity contribution in [1.29, 1.82) is 0 Å². The fourth-order valence-corrected chi connectivity index (χ4v) is 3.52. The number of fused-ring (bicyclic) bond motifs is 1. The Kier molecular flexibility index (Phi) is 6.08. The molecule has 3 aromatic carbocycles. The Balaban J connectivity index is 1.56. The van der Waals surface area contributed by atoms with Crippen LogP contribution in [-0.2, 0) is 9.59 Å². The van der Waals surface area contributed by atoms with Gasteiger partial charge in [-0.3, -0.25) is 14.6 Å². The number of hydrogen-bond acceptors (Lipinski definition) is 4. The Morgan fingerprint density at radius 1 is 1.00 bits per heavy atom. The molecule has 3 aromatic rings. The van der Waals surface area contributed by atoms with Gasteiger partial charge in [-0.05, 0) is 37.3 Å². The number of para-hydroxylation sites is 1. The largest absolute Gasteiger partial charge is 0.494 e. The van der Waals surface area contributed by atoms with Crippen LogP contribution in [-0.4, -0.2) is 37.2 Å². The van der Waals surface area contributed by atoms with Gasteiger partial charge in [-0.1, -0.05) is 48.5 Å². The van der Waals surface area contributed by atoms with Gasteiger partial charge < -0.3 is 15.0 Å². The summed E-state index contributed by atoms with van der Waals surface area (Å²) in [6.07, 6.45) is 0. The van der Waals surface area contributed by atoms with Crippen LogP contribution in [0.2, 0.25) is 0 Å². The number of benzodiazepines with no additional fused rings is 1. The third kappa shape index (κ3) is 4.64. The number of amides is 2. The number of benzene rings is 3. The molecule has 0 saturated heterocycles. The highest BCUT2D eigenvalue weighted by atomic mass is 16.5. The predicted molar refractivity (Wildman–Crippen MR) is 122 cm³/mol. The first-order valence-electron chi connectivity index (χ1n) is 10.2. The third-order valence-corrected chi connectivity index (χ3v) is 4.92. The first kappa shape index (κ1) is 20.3. The first-order valence-corrected chi connectivity index (χ1v) is 10.2. The molecule has 6 heteroatoms. The van der Waals surface area contributed by atoms with Crippen molar-refractivity contribution in [1.82, 2.24) is 0 Å². The number of carbonyl (C=O) groups is 2. The lowest BCUT2D eigenvalue weighted by molar-refractivity contribution is -0.120. The summed E-state index contributed by atoms with van der Waals surface area (Å²) in [5, 5.41) is 2.85. The van der Waals surface area contributed by atoms with E-state index in [4.69, 9.17) is 4.74 Å². The zero-order chi connectivity index (χ0) is 21.6. The lowest BCUT2D eigenvalue weighted by Gasteiger charge is -2.22. The van der Waals surface area contributed by atoms with E-state index in [9.17, 15) is 9.59 Å². The summed E-state index contributed by atoms with van der Waals surface area (Å²) in [4.78, 5) is 31.7. The number of hydrogen-bond donors (Lipinski definition) is 1. The van der Waals surface area contributed by atoms with Crippen LogP contribution in [0.4, 0.5) is 11.4 Å². The van der Waals surface area contributed by atoms with E-state index in [-0.39, 0.29) is 24.9 Å². The summed E-state index contributed by atoms with van der Waals surface area (Å²) in [5.74, 6) is 0.235. The molecule has 1 heterocycles. The van der Waals surface area contributed by atoms with E-state index in [0.29, 0.717) is 18.0 Å². The van der Waals surface area contributed by atoms with Crippen LogP contribution in [0.3, 0.4) is 0 Å². The Bertz CT molecular complexity index is 1110. The normalized spacial score (nSPS) is 13.1. The number of rotatable bonds is 6. The van der Waals surface area contributed by atoms with Crippen LogP contribution in [0.15, 0.2) is 83.9 Å². The van der Waals surface area contributed by atoms with Crippen molar-refractivity contribution < 1.29 is 14.3 Å². The Morgan fingerprint density at radius 3 is 2.45 bits per heavy atom. The van der Waals surface area contributed by atoms with Crippen molar-refractivity contribution >= 4 is 28.9 Å². The van der Waals surface area contributed by atoms with Gasteiger partial charge in [0.15, 0.2) is 0 Å². The zero-order valence-corrected chi connectivity index (χ0v) is 17.2. The topological polar surface area (TPSA) is 71.0 Å².